The average Bonchev–Trinajstić information content (AvgIpc) is 2.28. The second-order valence-corrected chi connectivity index (χ2v) is 6.76. The van der Waals surface area contributed by atoms with Crippen molar-refractivity contribution in [3.8, 4) is 0 Å². The van der Waals surface area contributed by atoms with Gasteiger partial charge in [-0.3, -0.25) is 0 Å². The Hall–Kier alpha value is 0.190. The van der Waals surface area contributed by atoms with Gasteiger partial charge in [-0.15, -0.1) is 0 Å². The van der Waals surface area contributed by atoms with Gasteiger partial charge >= 0.3 is 0 Å². The molecule has 4 nitrogen and oxygen atoms in total. The molecule has 0 radical (unpaired) electrons. The van der Waals surface area contributed by atoms with E-state index in [2.05, 4.69) is 25.4 Å². The molecule has 0 aliphatic heterocycles. The molecule has 0 aliphatic rings. The Morgan fingerprint density at radius 3 is 2.50 bits per heavy atom. The van der Waals surface area contributed by atoms with E-state index in [1.165, 1.54) is 0 Å². The second kappa shape index (κ2) is 10.0. The number of hydrogen-bond acceptors (Lipinski definition) is 5. The van der Waals surface area contributed by atoms with Crippen molar-refractivity contribution in [3.05, 3.63) is 0 Å². The molecule has 0 saturated carbocycles. The van der Waals surface area contributed by atoms with Gasteiger partial charge in [-0.25, -0.2) is 0 Å². The van der Waals surface area contributed by atoms with E-state index < -0.39 is 6.10 Å². The Balaban J connectivity index is 3.40. The molecule has 0 rings (SSSR count). The van der Waals surface area contributed by atoms with Crippen molar-refractivity contribution >= 4 is 11.8 Å². The monoisotopic (exact) mass is 279 g/mol. The molecular weight excluding hydrogens is 250 g/mol. The normalized spacial score (nSPS) is 14.2. The van der Waals surface area contributed by atoms with Crippen LogP contribution in [0, 0.1) is 0 Å². The van der Waals surface area contributed by atoms with Gasteiger partial charge in [-0.05, 0) is 34.0 Å². The molecule has 110 valence electrons. The lowest BCUT2D eigenvalue weighted by Crippen LogP contribution is -2.38. The molecule has 0 amide bonds. The number of aliphatic hydroxyl groups excluding tert-OH is 1. The molecule has 0 fully saturated rings. The largest absolute Gasteiger partial charge is 0.389 e. The quantitative estimate of drug-likeness (QED) is 0.562. The highest BCUT2D eigenvalue weighted by Crippen LogP contribution is 2.19. The van der Waals surface area contributed by atoms with Gasteiger partial charge in [0, 0.05) is 17.8 Å². The van der Waals surface area contributed by atoms with Gasteiger partial charge in [-0.1, -0.05) is 0 Å². The van der Waals surface area contributed by atoms with Crippen LogP contribution in [0.15, 0.2) is 0 Å². The molecule has 0 aliphatic carbocycles. The summed E-state index contributed by atoms with van der Waals surface area (Å²) in [7, 11) is 0. The van der Waals surface area contributed by atoms with E-state index in [1.807, 2.05) is 25.6 Å². The molecule has 0 heterocycles. The predicted octanol–water partition coefficient (Wildman–Crippen LogP) is 1.52. The second-order valence-electron chi connectivity index (χ2n) is 5.24. The van der Waals surface area contributed by atoms with Crippen molar-refractivity contribution in [1.82, 2.24) is 5.32 Å². The molecule has 0 aromatic rings. The van der Waals surface area contributed by atoms with Crippen molar-refractivity contribution in [3.63, 3.8) is 0 Å². The highest BCUT2D eigenvalue weighted by molar-refractivity contribution is 7.99. The van der Waals surface area contributed by atoms with Crippen molar-refractivity contribution in [2.45, 2.75) is 44.6 Å². The first kappa shape index (κ1) is 18.2. The smallest absolute Gasteiger partial charge is 0.0897 e. The highest BCUT2D eigenvalue weighted by atomic mass is 32.2. The third kappa shape index (κ3) is 11.3. The molecule has 0 aromatic carbocycles. The summed E-state index contributed by atoms with van der Waals surface area (Å²) in [6, 6.07) is 0. The fraction of sp³-hybridized carbons (Fsp3) is 1.00. The zero-order valence-electron chi connectivity index (χ0n) is 12.4. The van der Waals surface area contributed by atoms with Gasteiger partial charge in [0.15, 0.2) is 0 Å². The fourth-order valence-corrected chi connectivity index (χ4v) is 1.48. The van der Waals surface area contributed by atoms with E-state index in [9.17, 15) is 5.11 Å². The minimum absolute atomic E-state index is 0.200. The van der Waals surface area contributed by atoms with Crippen molar-refractivity contribution in [1.29, 1.82) is 0 Å². The van der Waals surface area contributed by atoms with Crippen LogP contribution in [0.2, 0.25) is 0 Å². The van der Waals surface area contributed by atoms with Crippen LogP contribution in [0.4, 0.5) is 0 Å². The Kier molecular flexibility index (Phi) is 10.1. The summed E-state index contributed by atoms with van der Waals surface area (Å²) in [6.45, 7) is 11.2. The third-order valence-corrected chi connectivity index (χ3v) is 3.72. The van der Waals surface area contributed by atoms with Gasteiger partial charge in [-0.2, -0.15) is 11.8 Å². The third-order valence-electron chi connectivity index (χ3n) is 2.47. The molecule has 1 unspecified atom stereocenters. The van der Waals surface area contributed by atoms with Crippen molar-refractivity contribution < 1.29 is 14.6 Å². The van der Waals surface area contributed by atoms with Crippen LogP contribution in [0.1, 0.15) is 27.7 Å². The predicted molar refractivity (Wildman–Crippen MR) is 78.4 cm³/mol. The lowest BCUT2D eigenvalue weighted by atomic mass is 10.2. The Bertz CT molecular complexity index is 201. The van der Waals surface area contributed by atoms with Gasteiger partial charge in [0.2, 0.25) is 0 Å². The van der Waals surface area contributed by atoms with Gasteiger partial charge in [0.25, 0.3) is 0 Å². The summed E-state index contributed by atoms with van der Waals surface area (Å²) >= 11 is 1.81. The van der Waals surface area contributed by atoms with E-state index in [1.54, 1.807) is 0 Å². The molecular formula is C13H29NO3S. The first-order valence-electron chi connectivity index (χ1n) is 6.50. The molecule has 2 N–H and O–H groups in total. The fourth-order valence-electron chi connectivity index (χ4n) is 1.23. The molecule has 0 saturated heterocycles. The maximum absolute atomic E-state index is 9.69. The van der Waals surface area contributed by atoms with E-state index in [-0.39, 0.29) is 10.9 Å². The zero-order valence-corrected chi connectivity index (χ0v) is 13.2. The van der Waals surface area contributed by atoms with E-state index in [0.717, 1.165) is 6.54 Å². The minimum atomic E-state index is -0.457. The van der Waals surface area contributed by atoms with Crippen LogP contribution in [-0.4, -0.2) is 61.2 Å². The van der Waals surface area contributed by atoms with Crippen LogP contribution >= 0.6 is 11.8 Å². The maximum Gasteiger partial charge on any atom is 0.0897 e. The lowest BCUT2D eigenvalue weighted by Gasteiger charge is -2.23. The van der Waals surface area contributed by atoms with Crippen molar-refractivity contribution in [2.24, 2.45) is 0 Å². The number of thioether (sulfide) groups is 1. The topological polar surface area (TPSA) is 50.7 Å². The van der Waals surface area contributed by atoms with Crippen LogP contribution in [0.3, 0.4) is 0 Å². The van der Waals surface area contributed by atoms with E-state index in [0.29, 0.717) is 26.4 Å². The molecule has 0 spiro atoms. The minimum Gasteiger partial charge on any atom is -0.389 e. The Labute approximate surface area is 116 Å². The summed E-state index contributed by atoms with van der Waals surface area (Å²) in [5.41, 5.74) is 0. The number of hydrogen-bond donors (Lipinski definition) is 2. The summed E-state index contributed by atoms with van der Waals surface area (Å²) in [5, 5.41) is 12.9. The molecule has 18 heavy (non-hydrogen) atoms. The SMILES string of the molecule is CSC(C)(C)CNCC(O)COCCOC(C)C. The number of ether oxygens (including phenoxy) is 2. The van der Waals surface area contributed by atoms with Gasteiger partial charge in [0.05, 0.1) is 32.0 Å². The standard InChI is InChI=1S/C13H29NO3S/c1-11(2)17-7-6-16-9-12(15)8-14-10-13(3,4)18-5/h11-12,14-15H,6-10H2,1-5H3. The number of rotatable bonds is 11. The molecule has 0 aromatic heterocycles. The first-order valence-corrected chi connectivity index (χ1v) is 7.73. The lowest BCUT2D eigenvalue weighted by molar-refractivity contribution is -0.00997. The average molecular weight is 279 g/mol. The Morgan fingerprint density at radius 2 is 1.94 bits per heavy atom. The maximum atomic E-state index is 9.69. The Morgan fingerprint density at radius 1 is 1.28 bits per heavy atom. The van der Waals surface area contributed by atoms with Crippen LogP contribution in [0.5, 0.6) is 0 Å². The number of aliphatic hydroxyl groups is 1. The first-order chi connectivity index (χ1) is 8.37. The van der Waals surface area contributed by atoms with Gasteiger partial charge in [0.1, 0.15) is 0 Å². The van der Waals surface area contributed by atoms with E-state index in [4.69, 9.17) is 9.47 Å². The van der Waals surface area contributed by atoms with E-state index >= 15 is 0 Å². The zero-order chi connectivity index (χ0) is 14.0. The highest BCUT2D eigenvalue weighted by Gasteiger charge is 2.15. The summed E-state index contributed by atoms with van der Waals surface area (Å²) < 4.78 is 10.9. The summed E-state index contributed by atoms with van der Waals surface area (Å²) in [4.78, 5) is 0. The summed E-state index contributed by atoms with van der Waals surface area (Å²) in [6.07, 6.45) is 1.87. The molecule has 0 bridgehead atoms. The van der Waals surface area contributed by atoms with Crippen molar-refractivity contribution in [2.75, 3.05) is 39.2 Å². The van der Waals surface area contributed by atoms with Crippen LogP contribution < -0.4 is 5.32 Å². The molecule has 1 atom stereocenters. The number of nitrogens with one attached hydrogen (secondary N) is 1. The van der Waals surface area contributed by atoms with Crippen LogP contribution in [0.25, 0.3) is 0 Å². The van der Waals surface area contributed by atoms with Crippen LogP contribution in [-0.2, 0) is 9.47 Å². The summed E-state index contributed by atoms with van der Waals surface area (Å²) in [5.74, 6) is 0. The van der Waals surface area contributed by atoms with Gasteiger partial charge < -0.3 is 19.9 Å². The molecule has 5 heteroatoms.